The number of anilines is 1. The number of guanidine groups is 1. The van der Waals surface area contributed by atoms with Crippen LogP contribution < -0.4 is 16.0 Å². The zero-order chi connectivity index (χ0) is 22.1. The Balaban J connectivity index is 1.98. The van der Waals surface area contributed by atoms with E-state index in [-0.39, 0.29) is 28.6 Å². The van der Waals surface area contributed by atoms with Crippen LogP contribution in [0.15, 0.2) is 52.4 Å². The number of rotatable bonds is 9. The number of nitrogens with zero attached hydrogens (tertiary/aromatic N) is 2. The van der Waals surface area contributed by atoms with Gasteiger partial charge in [0.25, 0.3) is 5.69 Å². The number of nitrogens with one attached hydrogen (secondary N) is 3. The van der Waals surface area contributed by atoms with E-state index in [1.54, 1.807) is 18.2 Å². The van der Waals surface area contributed by atoms with Crippen LogP contribution in [0.5, 0.6) is 0 Å². The summed E-state index contributed by atoms with van der Waals surface area (Å²) in [5, 5.41) is 20.3. The second-order valence-electron chi connectivity index (χ2n) is 6.35. The molecule has 9 nitrogen and oxygen atoms in total. The Kier molecular flexibility index (Phi) is 8.10. The van der Waals surface area contributed by atoms with E-state index in [1.165, 1.54) is 18.2 Å². The van der Waals surface area contributed by atoms with Crippen LogP contribution in [0.1, 0.15) is 12.5 Å². The first kappa shape index (κ1) is 23.1. The van der Waals surface area contributed by atoms with Gasteiger partial charge >= 0.3 is 0 Å². The molecule has 11 heteroatoms. The van der Waals surface area contributed by atoms with Crippen LogP contribution >= 0.6 is 0 Å². The highest BCUT2D eigenvalue weighted by molar-refractivity contribution is 7.90. The third-order valence-corrected chi connectivity index (χ3v) is 5.15. The number of nitro groups is 1. The quantitative estimate of drug-likeness (QED) is 0.181. The Hall–Kier alpha value is -3.21. The molecule has 0 aromatic heterocycles. The summed E-state index contributed by atoms with van der Waals surface area (Å²) in [5.41, 5.74) is 0.356. The molecule has 0 fully saturated rings. The molecular formula is C19H24FN5O4S. The van der Waals surface area contributed by atoms with Crippen molar-refractivity contribution in [1.29, 1.82) is 0 Å². The van der Waals surface area contributed by atoms with E-state index in [0.717, 1.165) is 12.3 Å². The van der Waals surface area contributed by atoms with Gasteiger partial charge in [0, 0.05) is 37.5 Å². The maximum absolute atomic E-state index is 13.7. The highest BCUT2D eigenvalue weighted by atomic mass is 32.2. The smallest absolute Gasteiger partial charge is 0.293 e. The van der Waals surface area contributed by atoms with Gasteiger partial charge in [-0.3, -0.25) is 10.1 Å². The highest BCUT2D eigenvalue weighted by Gasteiger charge is 2.18. The lowest BCUT2D eigenvalue weighted by atomic mass is 10.2. The molecule has 0 saturated carbocycles. The van der Waals surface area contributed by atoms with Crippen molar-refractivity contribution >= 4 is 27.2 Å². The van der Waals surface area contributed by atoms with Crippen molar-refractivity contribution in [1.82, 2.24) is 10.6 Å². The van der Waals surface area contributed by atoms with Crippen molar-refractivity contribution in [2.45, 2.75) is 18.4 Å². The molecule has 0 unspecified atom stereocenters. The fourth-order valence-corrected chi connectivity index (χ4v) is 3.19. The Morgan fingerprint density at radius 1 is 1.17 bits per heavy atom. The second-order valence-corrected chi connectivity index (χ2v) is 8.36. The van der Waals surface area contributed by atoms with Crippen molar-refractivity contribution in [2.24, 2.45) is 4.99 Å². The molecule has 0 aliphatic rings. The predicted molar refractivity (Wildman–Crippen MR) is 114 cm³/mol. The topological polar surface area (TPSA) is 126 Å². The Labute approximate surface area is 174 Å². The molecule has 2 aromatic rings. The van der Waals surface area contributed by atoms with Gasteiger partial charge in [0.15, 0.2) is 15.8 Å². The molecule has 30 heavy (non-hydrogen) atoms. The van der Waals surface area contributed by atoms with E-state index < -0.39 is 14.8 Å². The fourth-order valence-electron chi connectivity index (χ4n) is 2.55. The minimum Gasteiger partial charge on any atom is -0.378 e. The van der Waals surface area contributed by atoms with Gasteiger partial charge in [0.05, 0.1) is 16.4 Å². The number of aliphatic imine (C=N–C) groups is 1. The van der Waals surface area contributed by atoms with Crippen LogP contribution in [0.2, 0.25) is 0 Å². The average molecular weight is 437 g/mol. The maximum Gasteiger partial charge on any atom is 0.293 e. The second kappa shape index (κ2) is 10.5. The molecule has 0 heterocycles. The van der Waals surface area contributed by atoms with Crippen LogP contribution in [0, 0.1) is 15.9 Å². The van der Waals surface area contributed by atoms with Crippen LogP contribution in [0.25, 0.3) is 0 Å². The van der Waals surface area contributed by atoms with E-state index in [2.05, 4.69) is 20.9 Å². The molecule has 0 bridgehead atoms. The van der Waals surface area contributed by atoms with Gasteiger partial charge < -0.3 is 16.0 Å². The summed E-state index contributed by atoms with van der Waals surface area (Å²) in [5.74, 6) is 0.146. The lowest BCUT2D eigenvalue weighted by Crippen LogP contribution is -2.39. The summed E-state index contributed by atoms with van der Waals surface area (Å²) in [6, 6.07) is 10.1. The molecule has 0 atom stereocenters. The van der Waals surface area contributed by atoms with Crippen molar-refractivity contribution in [3.8, 4) is 0 Å². The molecule has 0 amide bonds. The lowest BCUT2D eigenvalue weighted by Gasteiger charge is -2.13. The summed E-state index contributed by atoms with van der Waals surface area (Å²) in [4.78, 5) is 14.8. The molecular weight excluding hydrogens is 413 g/mol. The van der Waals surface area contributed by atoms with Crippen molar-refractivity contribution < 1.29 is 17.7 Å². The number of hydrogen-bond donors (Lipinski definition) is 3. The van der Waals surface area contributed by atoms with E-state index in [9.17, 15) is 22.9 Å². The minimum atomic E-state index is -3.55. The number of halogens is 1. The van der Waals surface area contributed by atoms with Crippen molar-refractivity contribution in [2.75, 3.05) is 31.2 Å². The van der Waals surface area contributed by atoms with Crippen LogP contribution in [0.3, 0.4) is 0 Å². The fraction of sp³-hybridized carbons (Fsp3) is 0.316. The number of sulfone groups is 1. The van der Waals surface area contributed by atoms with Gasteiger partial charge in [-0.15, -0.1) is 0 Å². The van der Waals surface area contributed by atoms with E-state index >= 15 is 0 Å². The SMILES string of the molecule is CCNC(=NCc1ccccc1F)NCCNc1ccc(S(C)(=O)=O)cc1[N+](=O)[O-]. The molecule has 0 aliphatic carbocycles. The number of benzene rings is 2. The van der Waals surface area contributed by atoms with Crippen molar-refractivity contribution in [3.63, 3.8) is 0 Å². The zero-order valence-corrected chi connectivity index (χ0v) is 17.5. The summed E-state index contributed by atoms with van der Waals surface area (Å²) in [7, 11) is -3.55. The Morgan fingerprint density at radius 2 is 1.90 bits per heavy atom. The normalized spacial score (nSPS) is 11.8. The molecule has 162 valence electrons. The third-order valence-electron chi connectivity index (χ3n) is 4.04. The third kappa shape index (κ3) is 6.69. The van der Waals surface area contributed by atoms with Gasteiger partial charge in [0.1, 0.15) is 11.5 Å². The molecule has 0 spiro atoms. The molecule has 0 saturated heterocycles. The van der Waals surface area contributed by atoms with Gasteiger partial charge in [-0.05, 0) is 25.1 Å². The lowest BCUT2D eigenvalue weighted by molar-refractivity contribution is -0.384. The molecule has 0 aliphatic heterocycles. The van der Waals surface area contributed by atoms with E-state index in [4.69, 9.17) is 0 Å². The monoisotopic (exact) mass is 437 g/mol. The minimum absolute atomic E-state index is 0.118. The Morgan fingerprint density at radius 3 is 2.53 bits per heavy atom. The summed E-state index contributed by atoms with van der Waals surface area (Å²) in [6.07, 6.45) is 0.992. The maximum atomic E-state index is 13.7. The van der Waals surface area contributed by atoms with Crippen molar-refractivity contribution in [3.05, 3.63) is 64.0 Å². The van der Waals surface area contributed by atoms with Gasteiger partial charge in [-0.25, -0.2) is 17.8 Å². The molecule has 0 radical (unpaired) electrons. The zero-order valence-electron chi connectivity index (χ0n) is 16.7. The largest absolute Gasteiger partial charge is 0.378 e. The first-order chi connectivity index (χ1) is 14.2. The van der Waals surface area contributed by atoms with Crippen LogP contribution in [0.4, 0.5) is 15.8 Å². The van der Waals surface area contributed by atoms with Crippen LogP contribution in [-0.4, -0.2) is 45.2 Å². The summed E-state index contributed by atoms with van der Waals surface area (Å²) >= 11 is 0. The summed E-state index contributed by atoms with van der Waals surface area (Å²) < 4.78 is 36.9. The summed E-state index contributed by atoms with van der Waals surface area (Å²) in [6.45, 7) is 3.34. The molecule has 3 N–H and O–H groups in total. The number of hydrogen-bond acceptors (Lipinski definition) is 6. The average Bonchev–Trinajstić information content (AvgIpc) is 2.69. The Bertz CT molecular complexity index is 1030. The standard InChI is InChI=1S/C19H24FN5O4S/c1-3-21-19(24-13-14-6-4-5-7-16(14)20)23-11-10-22-17-9-8-15(30(2,28)29)12-18(17)25(26)27/h4-9,12,22H,3,10-11,13H2,1-2H3,(H2,21,23,24). The number of nitro benzene ring substituents is 1. The first-order valence-electron chi connectivity index (χ1n) is 9.20. The predicted octanol–water partition coefficient (Wildman–Crippen LogP) is 2.30. The first-order valence-corrected chi connectivity index (χ1v) is 11.1. The van der Waals surface area contributed by atoms with Gasteiger partial charge in [0.2, 0.25) is 0 Å². The van der Waals surface area contributed by atoms with Gasteiger partial charge in [-0.1, -0.05) is 18.2 Å². The van der Waals surface area contributed by atoms with Gasteiger partial charge in [-0.2, -0.15) is 0 Å². The molecule has 2 rings (SSSR count). The highest BCUT2D eigenvalue weighted by Crippen LogP contribution is 2.27. The van der Waals surface area contributed by atoms with Crippen LogP contribution in [-0.2, 0) is 16.4 Å². The molecule has 2 aromatic carbocycles. The van der Waals surface area contributed by atoms with E-state index in [0.29, 0.717) is 31.2 Å². The van der Waals surface area contributed by atoms with E-state index in [1.807, 2.05) is 6.92 Å².